The molecule has 0 spiro atoms. The Hall–Kier alpha value is -2.15. The number of carbonyl (C=O) groups is 1. The van der Waals surface area contributed by atoms with Gasteiger partial charge >= 0.3 is 0 Å². The first-order chi connectivity index (χ1) is 10.6. The molecule has 0 aliphatic carbocycles. The summed E-state index contributed by atoms with van der Waals surface area (Å²) in [6.07, 6.45) is 7.51. The van der Waals surface area contributed by atoms with E-state index in [0.29, 0.717) is 5.56 Å². The molecule has 3 heterocycles. The second-order valence-electron chi connectivity index (χ2n) is 6.02. The molecule has 2 aromatic rings. The summed E-state index contributed by atoms with van der Waals surface area (Å²) in [5.41, 5.74) is 2.78. The van der Waals surface area contributed by atoms with Gasteiger partial charge in [0, 0.05) is 33.9 Å². The maximum atomic E-state index is 12.3. The van der Waals surface area contributed by atoms with Crippen LogP contribution >= 0.6 is 0 Å². The van der Waals surface area contributed by atoms with Crippen molar-refractivity contribution in [2.45, 2.75) is 25.4 Å². The molecule has 1 aliphatic rings. The summed E-state index contributed by atoms with van der Waals surface area (Å²) in [6.45, 7) is 1.85. The lowest BCUT2D eigenvalue weighted by Gasteiger charge is -2.24. The number of nitrogens with zero attached hydrogens (tertiary/aromatic N) is 5. The number of carbonyl (C=O) groups excluding carboxylic acids is 1. The Morgan fingerprint density at radius 3 is 2.95 bits per heavy atom. The van der Waals surface area contributed by atoms with E-state index in [9.17, 15) is 4.79 Å². The van der Waals surface area contributed by atoms with Crippen molar-refractivity contribution in [1.82, 2.24) is 29.5 Å². The number of imidazole rings is 1. The van der Waals surface area contributed by atoms with Gasteiger partial charge in [0.25, 0.3) is 5.91 Å². The highest BCUT2D eigenvalue weighted by Gasteiger charge is 2.31. The Kier molecular flexibility index (Phi) is 3.98. The largest absolute Gasteiger partial charge is 0.345 e. The van der Waals surface area contributed by atoms with E-state index in [4.69, 9.17) is 0 Å². The van der Waals surface area contributed by atoms with Gasteiger partial charge in [-0.15, -0.1) is 0 Å². The summed E-state index contributed by atoms with van der Waals surface area (Å²) in [5, 5.41) is 7.15. The van der Waals surface area contributed by atoms with Gasteiger partial charge in [-0.2, -0.15) is 5.10 Å². The number of nitrogens with one attached hydrogen (secondary N) is 1. The SMILES string of the molecule is CN(C)C(=O)c1cn[nH]c1[C@H]1CCCN1Cc1cncn1C. The summed E-state index contributed by atoms with van der Waals surface area (Å²) in [4.78, 5) is 20.4. The van der Waals surface area contributed by atoms with Gasteiger partial charge in [0.1, 0.15) is 0 Å². The molecule has 0 bridgehead atoms. The molecule has 7 nitrogen and oxygen atoms in total. The maximum Gasteiger partial charge on any atom is 0.256 e. The molecule has 0 unspecified atom stereocenters. The van der Waals surface area contributed by atoms with E-state index in [2.05, 4.69) is 20.1 Å². The van der Waals surface area contributed by atoms with Crippen molar-refractivity contribution < 1.29 is 4.79 Å². The Balaban J connectivity index is 1.83. The van der Waals surface area contributed by atoms with Crippen LogP contribution in [0.2, 0.25) is 0 Å². The van der Waals surface area contributed by atoms with Crippen LogP contribution in [0.3, 0.4) is 0 Å². The zero-order valence-electron chi connectivity index (χ0n) is 13.3. The summed E-state index contributed by atoms with van der Waals surface area (Å²) in [7, 11) is 5.53. The van der Waals surface area contributed by atoms with Gasteiger partial charge in [-0.25, -0.2) is 4.98 Å². The molecular formula is C15H22N6O. The molecule has 1 fully saturated rings. The highest BCUT2D eigenvalue weighted by molar-refractivity contribution is 5.94. The predicted octanol–water partition coefficient (Wildman–Crippen LogP) is 1.18. The van der Waals surface area contributed by atoms with E-state index in [1.165, 1.54) is 5.69 Å². The van der Waals surface area contributed by atoms with E-state index in [1.54, 1.807) is 25.2 Å². The second kappa shape index (κ2) is 5.92. The van der Waals surface area contributed by atoms with E-state index in [0.717, 1.165) is 31.6 Å². The molecule has 118 valence electrons. The van der Waals surface area contributed by atoms with E-state index in [1.807, 2.05) is 24.1 Å². The molecule has 1 N–H and O–H groups in total. The second-order valence-corrected chi connectivity index (χ2v) is 6.02. The van der Waals surface area contributed by atoms with E-state index in [-0.39, 0.29) is 11.9 Å². The molecular weight excluding hydrogens is 280 g/mol. The van der Waals surface area contributed by atoms with Crippen molar-refractivity contribution in [3.8, 4) is 0 Å². The molecule has 2 aromatic heterocycles. The number of aryl methyl sites for hydroxylation is 1. The minimum atomic E-state index is -0.00358. The van der Waals surface area contributed by atoms with Crippen LogP contribution < -0.4 is 0 Å². The Morgan fingerprint density at radius 1 is 1.45 bits per heavy atom. The van der Waals surface area contributed by atoms with Gasteiger partial charge in [-0.1, -0.05) is 0 Å². The number of amides is 1. The minimum absolute atomic E-state index is 0.00358. The van der Waals surface area contributed by atoms with Gasteiger partial charge in [-0.05, 0) is 19.4 Å². The average molecular weight is 302 g/mol. The normalized spacial score (nSPS) is 18.8. The molecule has 1 saturated heterocycles. The average Bonchev–Trinajstić information content (AvgIpc) is 3.20. The number of aromatic nitrogens is 4. The molecule has 1 aliphatic heterocycles. The Bertz CT molecular complexity index is 659. The Morgan fingerprint density at radius 2 is 2.27 bits per heavy atom. The summed E-state index contributed by atoms with van der Waals surface area (Å²) < 4.78 is 2.04. The zero-order chi connectivity index (χ0) is 15.7. The lowest BCUT2D eigenvalue weighted by molar-refractivity contribution is 0.0824. The molecule has 22 heavy (non-hydrogen) atoms. The lowest BCUT2D eigenvalue weighted by Crippen LogP contribution is -2.27. The fraction of sp³-hybridized carbons (Fsp3) is 0.533. The highest BCUT2D eigenvalue weighted by Crippen LogP contribution is 2.33. The minimum Gasteiger partial charge on any atom is -0.345 e. The Labute approximate surface area is 129 Å². The number of rotatable bonds is 4. The van der Waals surface area contributed by atoms with Crippen LogP contribution in [0.5, 0.6) is 0 Å². The van der Waals surface area contributed by atoms with Crippen LogP contribution in [0.25, 0.3) is 0 Å². The number of hydrogen-bond donors (Lipinski definition) is 1. The van der Waals surface area contributed by atoms with Gasteiger partial charge in [-0.3, -0.25) is 14.8 Å². The van der Waals surface area contributed by atoms with Crippen LogP contribution in [-0.2, 0) is 13.6 Å². The van der Waals surface area contributed by atoms with Crippen LogP contribution in [0.15, 0.2) is 18.7 Å². The summed E-state index contributed by atoms with van der Waals surface area (Å²) >= 11 is 0. The maximum absolute atomic E-state index is 12.3. The third-order valence-corrected chi connectivity index (χ3v) is 4.28. The van der Waals surface area contributed by atoms with Gasteiger partial charge in [0.05, 0.1) is 35.5 Å². The number of aromatic amines is 1. The van der Waals surface area contributed by atoms with Crippen molar-refractivity contribution in [1.29, 1.82) is 0 Å². The smallest absolute Gasteiger partial charge is 0.256 e. The third kappa shape index (κ3) is 2.64. The van der Waals surface area contributed by atoms with Crippen LogP contribution in [0.1, 0.15) is 40.6 Å². The van der Waals surface area contributed by atoms with Gasteiger partial charge < -0.3 is 9.47 Å². The third-order valence-electron chi connectivity index (χ3n) is 4.28. The van der Waals surface area contributed by atoms with E-state index < -0.39 is 0 Å². The van der Waals surface area contributed by atoms with Gasteiger partial charge in [0.2, 0.25) is 0 Å². The molecule has 0 radical (unpaired) electrons. The summed E-state index contributed by atoms with van der Waals surface area (Å²) in [6, 6.07) is 0.205. The standard InChI is InChI=1S/C15H22N6O/c1-19(2)15(22)12-8-17-18-14(12)13-5-4-6-21(13)9-11-7-16-10-20(11)3/h7-8,10,13H,4-6,9H2,1-3H3,(H,17,18)/t13-/m1/s1. The molecule has 1 amide bonds. The monoisotopic (exact) mass is 302 g/mol. The number of H-pyrrole nitrogens is 1. The molecule has 0 saturated carbocycles. The van der Waals surface area contributed by atoms with Crippen LogP contribution in [0, 0.1) is 0 Å². The highest BCUT2D eigenvalue weighted by atomic mass is 16.2. The summed E-state index contributed by atoms with van der Waals surface area (Å²) in [5.74, 6) is -0.00358. The predicted molar refractivity (Wildman–Crippen MR) is 82.2 cm³/mol. The molecule has 3 rings (SSSR count). The first-order valence-electron chi connectivity index (χ1n) is 7.52. The fourth-order valence-electron chi connectivity index (χ4n) is 3.05. The van der Waals surface area contributed by atoms with Crippen LogP contribution in [0.4, 0.5) is 0 Å². The van der Waals surface area contributed by atoms with Crippen molar-refractivity contribution in [3.05, 3.63) is 35.7 Å². The van der Waals surface area contributed by atoms with Crippen molar-refractivity contribution in [3.63, 3.8) is 0 Å². The van der Waals surface area contributed by atoms with Crippen molar-refractivity contribution in [2.75, 3.05) is 20.6 Å². The van der Waals surface area contributed by atoms with Crippen LogP contribution in [-0.4, -0.2) is 56.1 Å². The molecule has 0 aromatic carbocycles. The van der Waals surface area contributed by atoms with Crippen molar-refractivity contribution in [2.24, 2.45) is 7.05 Å². The number of likely N-dealkylation sites (tertiary alicyclic amines) is 1. The first-order valence-corrected chi connectivity index (χ1v) is 7.52. The molecule has 7 heteroatoms. The van der Waals surface area contributed by atoms with E-state index >= 15 is 0 Å². The number of hydrogen-bond acceptors (Lipinski definition) is 4. The topological polar surface area (TPSA) is 70.1 Å². The lowest BCUT2D eigenvalue weighted by atomic mass is 10.1. The van der Waals surface area contributed by atoms with Gasteiger partial charge in [0.15, 0.2) is 0 Å². The zero-order valence-corrected chi connectivity index (χ0v) is 13.3. The first kappa shape index (κ1) is 14.8. The quantitative estimate of drug-likeness (QED) is 0.921. The molecule has 1 atom stereocenters. The fourth-order valence-corrected chi connectivity index (χ4v) is 3.05. The van der Waals surface area contributed by atoms with Crippen molar-refractivity contribution >= 4 is 5.91 Å².